The number of carbonyl (C=O) groups is 1. The Morgan fingerprint density at radius 2 is 1.87 bits per heavy atom. The molecule has 1 aromatic heterocycles. The first-order valence-electron chi connectivity index (χ1n) is 10.8. The average Bonchev–Trinajstić information content (AvgIpc) is 3.23. The molecule has 30 heavy (non-hydrogen) atoms. The lowest BCUT2D eigenvalue weighted by atomic mass is 9.50. The maximum absolute atomic E-state index is 13.4. The standard InChI is InChI=1S/C22H30N6O2/c1-20(2,25-17-4-6-18(30-3)7-5-17)19(29)26-21-9-15-8-16(10-21)12-22(11-15,13-21)28-24-14-23-27-28/h4-7,14-16,25H,8-13H2,1-3H3,(H,26,29). The van der Waals surface area contributed by atoms with Crippen LogP contribution in [-0.4, -0.2) is 44.3 Å². The van der Waals surface area contributed by atoms with Crippen molar-refractivity contribution in [2.75, 3.05) is 12.4 Å². The highest BCUT2D eigenvalue weighted by Gasteiger charge is 2.60. The molecule has 4 bridgehead atoms. The highest BCUT2D eigenvalue weighted by Crippen LogP contribution is 2.60. The summed E-state index contributed by atoms with van der Waals surface area (Å²) in [7, 11) is 1.65. The Kier molecular flexibility index (Phi) is 4.31. The second-order valence-electron chi connectivity index (χ2n) is 10.1. The quantitative estimate of drug-likeness (QED) is 0.761. The number of anilines is 1. The third-order valence-corrected chi connectivity index (χ3v) is 7.30. The van der Waals surface area contributed by atoms with E-state index in [2.05, 4.69) is 26.0 Å². The first-order valence-corrected chi connectivity index (χ1v) is 10.8. The molecule has 1 heterocycles. The van der Waals surface area contributed by atoms with Gasteiger partial charge >= 0.3 is 0 Å². The number of benzene rings is 1. The number of hydrogen-bond acceptors (Lipinski definition) is 6. The van der Waals surface area contributed by atoms with E-state index in [4.69, 9.17) is 4.74 Å². The van der Waals surface area contributed by atoms with Crippen molar-refractivity contribution in [3.8, 4) is 5.75 Å². The Morgan fingerprint density at radius 3 is 2.47 bits per heavy atom. The van der Waals surface area contributed by atoms with Crippen LogP contribution in [0.15, 0.2) is 30.6 Å². The Morgan fingerprint density at radius 1 is 1.17 bits per heavy atom. The van der Waals surface area contributed by atoms with Gasteiger partial charge in [0.1, 0.15) is 11.3 Å². The fraction of sp³-hybridized carbons (Fsp3) is 0.636. The number of tetrazole rings is 1. The Labute approximate surface area is 176 Å². The van der Waals surface area contributed by atoms with Crippen LogP contribution in [0.2, 0.25) is 0 Å². The molecule has 0 spiro atoms. The third-order valence-electron chi connectivity index (χ3n) is 7.30. The van der Waals surface area contributed by atoms with E-state index in [1.807, 2.05) is 42.9 Å². The molecule has 0 saturated heterocycles. The molecular weight excluding hydrogens is 380 g/mol. The first kappa shape index (κ1) is 19.3. The van der Waals surface area contributed by atoms with E-state index in [9.17, 15) is 4.79 Å². The molecular formula is C22H30N6O2. The molecule has 4 saturated carbocycles. The van der Waals surface area contributed by atoms with Gasteiger partial charge in [-0.1, -0.05) is 0 Å². The zero-order valence-corrected chi connectivity index (χ0v) is 17.9. The molecule has 8 heteroatoms. The number of rotatable bonds is 6. The molecule has 160 valence electrons. The van der Waals surface area contributed by atoms with E-state index in [-0.39, 0.29) is 17.0 Å². The summed E-state index contributed by atoms with van der Waals surface area (Å²) in [6.45, 7) is 3.86. The molecule has 0 aliphatic heterocycles. The smallest absolute Gasteiger partial charge is 0.245 e. The van der Waals surface area contributed by atoms with E-state index >= 15 is 0 Å². The summed E-state index contributed by atoms with van der Waals surface area (Å²) in [5, 5.41) is 19.5. The Balaban J connectivity index is 1.34. The molecule has 2 unspecified atom stereocenters. The van der Waals surface area contributed by atoms with Gasteiger partial charge in [-0.2, -0.15) is 4.80 Å². The third kappa shape index (κ3) is 3.22. The van der Waals surface area contributed by atoms with Crippen LogP contribution in [0.1, 0.15) is 52.4 Å². The molecule has 8 nitrogen and oxygen atoms in total. The van der Waals surface area contributed by atoms with Gasteiger partial charge in [0.15, 0.2) is 6.33 Å². The Hall–Kier alpha value is -2.64. The molecule has 2 aromatic rings. The summed E-state index contributed by atoms with van der Waals surface area (Å²) in [5.41, 5.74) is -0.143. The molecule has 2 atom stereocenters. The van der Waals surface area contributed by atoms with Crippen LogP contribution < -0.4 is 15.4 Å². The number of hydrogen-bond donors (Lipinski definition) is 2. The number of nitrogens with one attached hydrogen (secondary N) is 2. The minimum atomic E-state index is -0.739. The van der Waals surface area contributed by atoms with E-state index in [0.717, 1.165) is 43.5 Å². The molecule has 1 aromatic carbocycles. The SMILES string of the molecule is COc1ccc(NC(C)(C)C(=O)NC23CC4CC(C2)CC(n2ncnn2)(C4)C3)cc1. The average molecular weight is 411 g/mol. The highest BCUT2D eigenvalue weighted by atomic mass is 16.5. The van der Waals surface area contributed by atoms with Crippen molar-refractivity contribution in [3.05, 3.63) is 30.6 Å². The van der Waals surface area contributed by atoms with Crippen molar-refractivity contribution in [1.29, 1.82) is 0 Å². The van der Waals surface area contributed by atoms with Gasteiger partial charge in [-0.25, -0.2) is 0 Å². The van der Waals surface area contributed by atoms with E-state index in [1.54, 1.807) is 7.11 Å². The summed E-state index contributed by atoms with van der Waals surface area (Å²) in [5.74, 6) is 2.04. The molecule has 1 amide bonds. The predicted molar refractivity (Wildman–Crippen MR) is 112 cm³/mol. The van der Waals surface area contributed by atoms with Crippen LogP contribution in [0.3, 0.4) is 0 Å². The summed E-state index contributed by atoms with van der Waals surface area (Å²) in [6, 6.07) is 7.66. The van der Waals surface area contributed by atoms with Crippen molar-refractivity contribution in [1.82, 2.24) is 25.5 Å². The molecule has 4 aliphatic carbocycles. The molecule has 4 fully saturated rings. The molecule has 2 N–H and O–H groups in total. The molecule has 4 aliphatic rings. The summed E-state index contributed by atoms with van der Waals surface area (Å²) < 4.78 is 5.22. The van der Waals surface area contributed by atoms with Crippen LogP contribution in [0.25, 0.3) is 0 Å². The van der Waals surface area contributed by atoms with Crippen molar-refractivity contribution >= 4 is 11.6 Å². The number of amides is 1. The van der Waals surface area contributed by atoms with Gasteiger partial charge in [0, 0.05) is 11.2 Å². The largest absolute Gasteiger partial charge is 0.497 e. The van der Waals surface area contributed by atoms with E-state index in [0.29, 0.717) is 11.8 Å². The van der Waals surface area contributed by atoms with Crippen LogP contribution in [0, 0.1) is 11.8 Å². The Bertz CT molecular complexity index is 910. The van der Waals surface area contributed by atoms with Crippen molar-refractivity contribution < 1.29 is 9.53 Å². The second-order valence-corrected chi connectivity index (χ2v) is 10.1. The van der Waals surface area contributed by atoms with Gasteiger partial charge in [-0.15, -0.1) is 10.2 Å². The predicted octanol–water partition coefficient (Wildman–Crippen LogP) is 2.74. The van der Waals surface area contributed by atoms with Crippen molar-refractivity contribution in [3.63, 3.8) is 0 Å². The van der Waals surface area contributed by atoms with Crippen molar-refractivity contribution in [2.45, 2.75) is 69.0 Å². The van der Waals surface area contributed by atoms with E-state index in [1.165, 1.54) is 12.7 Å². The topological polar surface area (TPSA) is 94.0 Å². The fourth-order valence-electron chi connectivity index (χ4n) is 6.47. The first-order chi connectivity index (χ1) is 14.3. The van der Waals surface area contributed by atoms with Gasteiger partial charge in [-0.05, 0) is 93.7 Å². The number of aromatic nitrogens is 4. The number of nitrogens with zero attached hydrogens (tertiary/aromatic N) is 4. The van der Waals surface area contributed by atoms with Crippen LogP contribution in [-0.2, 0) is 10.3 Å². The molecule has 6 rings (SSSR count). The second kappa shape index (κ2) is 6.68. The zero-order chi connectivity index (χ0) is 21.0. The van der Waals surface area contributed by atoms with Crippen molar-refractivity contribution in [2.24, 2.45) is 11.8 Å². The summed E-state index contributed by atoms with van der Waals surface area (Å²) in [4.78, 5) is 15.2. The van der Waals surface area contributed by atoms with Gasteiger partial charge in [0.25, 0.3) is 0 Å². The minimum Gasteiger partial charge on any atom is -0.497 e. The van der Waals surface area contributed by atoms with E-state index < -0.39 is 5.54 Å². The lowest BCUT2D eigenvalue weighted by Crippen LogP contribution is -2.68. The molecule has 0 radical (unpaired) electrons. The number of carbonyl (C=O) groups excluding carboxylic acids is 1. The van der Waals surface area contributed by atoms with Gasteiger partial charge in [0.05, 0.1) is 12.6 Å². The number of methoxy groups -OCH3 is 1. The van der Waals surface area contributed by atoms with Crippen LogP contribution in [0.4, 0.5) is 5.69 Å². The fourth-order valence-corrected chi connectivity index (χ4v) is 6.47. The minimum absolute atomic E-state index is 0.0296. The van der Waals surface area contributed by atoms with Gasteiger partial charge < -0.3 is 15.4 Å². The van der Waals surface area contributed by atoms with Crippen LogP contribution >= 0.6 is 0 Å². The maximum Gasteiger partial charge on any atom is 0.245 e. The summed E-state index contributed by atoms with van der Waals surface area (Å²) in [6.07, 6.45) is 7.92. The maximum atomic E-state index is 13.4. The zero-order valence-electron chi connectivity index (χ0n) is 17.9. The summed E-state index contributed by atoms with van der Waals surface area (Å²) >= 11 is 0. The highest BCUT2D eigenvalue weighted by molar-refractivity contribution is 5.89. The number of ether oxygens (including phenoxy) is 1. The van der Waals surface area contributed by atoms with Crippen LogP contribution in [0.5, 0.6) is 5.75 Å². The normalized spacial score (nSPS) is 32.1. The monoisotopic (exact) mass is 410 g/mol. The lowest BCUT2D eigenvalue weighted by molar-refractivity contribution is -0.134. The van der Waals surface area contributed by atoms with Gasteiger partial charge in [-0.3, -0.25) is 4.79 Å². The van der Waals surface area contributed by atoms with Gasteiger partial charge in [0.2, 0.25) is 5.91 Å². The lowest BCUT2D eigenvalue weighted by Gasteiger charge is -2.61.